The molecule has 1 fully saturated rings. The molecule has 1 aliphatic heterocycles. The SMILES string of the molecule is CCCCNC(=O)N1CCCCC1CC(C)O. The molecule has 4 nitrogen and oxygen atoms in total. The van der Waals surface area contributed by atoms with Crippen LogP contribution in [0.4, 0.5) is 4.79 Å². The number of nitrogens with one attached hydrogen (secondary N) is 1. The topological polar surface area (TPSA) is 52.6 Å². The number of aliphatic hydroxyl groups excluding tert-OH is 1. The van der Waals surface area contributed by atoms with Crippen LogP contribution in [0.5, 0.6) is 0 Å². The monoisotopic (exact) mass is 242 g/mol. The van der Waals surface area contributed by atoms with Gasteiger partial charge in [-0.25, -0.2) is 4.79 Å². The molecule has 1 aliphatic rings. The fourth-order valence-corrected chi connectivity index (χ4v) is 2.38. The molecule has 0 aromatic rings. The summed E-state index contributed by atoms with van der Waals surface area (Å²) >= 11 is 0. The minimum Gasteiger partial charge on any atom is -0.393 e. The third-order valence-electron chi connectivity index (χ3n) is 3.31. The van der Waals surface area contributed by atoms with E-state index in [2.05, 4.69) is 12.2 Å². The van der Waals surface area contributed by atoms with E-state index in [1.807, 2.05) is 4.90 Å². The molecule has 1 heterocycles. The number of rotatable bonds is 5. The Morgan fingerprint density at radius 3 is 2.94 bits per heavy atom. The van der Waals surface area contributed by atoms with Gasteiger partial charge >= 0.3 is 6.03 Å². The maximum absolute atomic E-state index is 12.0. The highest BCUT2D eigenvalue weighted by Gasteiger charge is 2.27. The first-order valence-electron chi connectivity index (χ1n) is 6.87. The zero-order chi connectivity index (χ0) is 12.7. The highest BCUT2D eigenvalue weighted by atomic mass is 16.3. The zero-order valence-corrected chi connectivity index (χ0v) is 11.1. The minimum absolute atomic E-state index is 0.0452. The molecule has 0 bridgehead atoms. The molecule has 0 aromatic heterocycles. The summed E-state index contributed by atoms with van der Waals surface area (Å²) in [7, 11) is 0. The first-order chi connectivity index (χ1) is 8.15. The van der Waals surface area contributed by atoms with Crippen LogP contribution < -0.4 is 5.32 Å². The number of aliphatic hydroxyl groups is 1. The molecule has 2 N–H and O–H groups in total. The van der Waals surface area contributed by atoms with Gasteiger partial charge in [-0.1, -0.05) is 13.3 Å². The van der Waals surface area contributed by atoms with Crippen LogP contribution in [0.15, 0.2) is 0 Å². The lowest BCUT2D eigenvalue weighted by atomic mass is 9.98. The van der Waals surface area contributed by atoms with Crippen LogP contribution in [0, 0.1) is 0 Å². The fraction of sp³-hybridized carbons (Fsp3) is 0.923. The molecule has 1 saturated heterocycles. The normalized spacial score (nSPS) is 22.3. The second-order valence-corrected chi connectivity index (χ2v) is 5.01. The standard InChI is InChI=1S/C13H26N2O2/c1-3-4-8-14-13(17)15-9-6-5-7-12(15)10-11(2)16/h11-12,16H,3-10H2,1-2H3,(H,14,17). The molecule has 0 aliphatic carbocycles. The average Bonchev–Trinajstić information content (AvgIpc) is 2.29. The van der Waals surface area contributed by atoms with Crippen LogP contribution in [0.25, 0.3) is 0 Å². The van der Waals surface area contributed by atoms with Crippen molar-refractivity contribution in [1.29, 1.82) is 0 Å². The van der Waals surface area contributed by atoms with Crippen LogP contribution in [-0.4, -0.2) is 41.3 Å². The van der Waals surface area contributed by atoms with Gasteiger partial charge in [0.05, 0.1) is 6.10 Å². The number of amides is 2. The van der Waals surface area contributed by atoms with E-state index in [1.54, 1.807) is 6.92 Å². The van der Waals surface area contributed by atoms with E-state index in [0.29, 0.717) is 6.42 Å². The van der Waals surface area contributed by atoms with Gasteiger partial charge in [0.1, 0.15) is 0 Å². The first kappa shape index (κ1) is 14.3. The van der Waals surface area contributed by atoms with E-state index in [9.17, 15) is 9.90 Å². The molecular weight excluding hydrogens is 216 g/mol. The highest BCUT2D eigenvalue weighted by molar-refractivity contribution is 5.74. The van der Waals surface area contributed by atoms with Crippen LogP contribution >= 0.6 is 0 Å². The Balaban J connectivity index is 2.43. The van der Waals surface area contributed by atoms with E-state index in [4.69, 9.17) is 0 Å². The Labute approximate surface area is 104 Å². The summed E-state index contributed by atoms with van der Waals surface area (Å²) in [4.78, 5) is 13.9. The highest BCUT2D eigenvalue weighted by Crippen LogP contribution is 2.20. The predicted molar refractivity (Wildman–Crippen MR) is 68.9 cm³/mol. The van der Waals surface area contributed by atoms with Gasteiger partial charge in [-0.3, -0.25) is 0 Å². The third-order valence-corrected chi connectivity index (χ3v) is 3.31. The van der Waals surface area contributed by atoms with Crippen molar-refractivity contribution in [3.8, 4) is 0 Å². The summed E-state index contributed by atoms with van der Waals surface area (Å²) in [5, 5.41) is 12.4. The molecule has 100 valence electrons. The van der Waals surface area contributed by atoms with Crippen molar-refractivity contribution in [3.63, 3.8) is 0 Å². The van der Waals surface area contributed by atoms with Crippen molar-refractivity contribution < 1.29 is 9.90 Å². The molecule has 0 saturated carbocycles. The summed E-state index contributed by atoms with van der Waals surface area (Å²) in [5.74, 6) is 0. The number of piperidine rings is 1. The number of carbonyl (C=O) groups excluding carboxylic acids is 1. The van der Waals surface area contributed by atoms with Gasteiger partial charge in [0.25, 0.3) is 0 Å². The number of nitrogens with zero attached hydrogens (tertiary/aromatic N) is 1. The minimum atomic E-state index is -0.330. The third kappa shape index (κ3) is 4.94. The van der Waals surface area contributed by atoms with Crippen molar-refractivity contribution in [2.24, 2.45) is 0 Å². The van der Waals surface area contributed by atoms with Crippen LogP contribution in [0.1, 0.15) is 52.4 Å². The van der Waals surface area contributed by atoms with Crippen molar-refractivity contribution >= 4 is 6.03 Å². The Morgan fingerprint density at radius 1 is 1.53 bits per heavy atom. The summed E-state index contributed by atoms with van der Waals surface area (Å²) in [6.45, 7) is 5.49. The molecule has 2 amide bonds. The van der Waals surface area contributed by atoms with E-state index < -0.39 is 0 Å². The fourth-order valence-electron chi connectivity index (χ4n) is 2.38. The molecule has 0 spiro atoms. The van der Waals surface area contributed by atoms with Crippen molar-refractivity contribution in [3.05, 3.63) is 0 Å². The van der Waals surface area contributed by atoms with E-state index in [1.165, 1.54) is 0 Å². The van der Waals surface area contributed by atoms with Gasteiger partial charge in [0.15, 0.2) is 0 Å². The lowest BCUT2D eigenvalue weighted by Gasteiger charge is -2.36. The molecule has 2 atom stereocenters. The molecule has 17 heavy (non-hydrogen) atoms. The molecule has 4 heteroatoms. The van der Waals surface area contributed by atoms with Crippen LogP contribution in [0.2, 0.25) is 0 Å². The maximum atomic E-state index is 12.0. The quantitative estimate of drug-likeness (QED) is 0.726. The van der Waals surface area contributed by atoms with Crippen LogP contribution in [-0.2, 0) is 0 Å². The zero-order valence-electron chi connectivity index (χ0n) is 11.1. The van der Waals surface area contributed by atoms with Gasteiger partial charge in [-0.05, 0) is 39.0 Å². The molecule has 0 aromatic carbocycles. The van der Waals surface area contributed by atoms with Crippen molar-refractivity contribution in [2.75, 3.05) is 13.1 Å². The predicted octanol–water partition coefficient (Wildman–Crippen LogP) is 2.12. The lowest BCUT2D eigenvalue weighted by Crippen LogP contribution is -2.49. The Morgan fingerprint density at radius 2 is 2.29 bits per heavy atom. The largest absolute Gasteiger partial charge is 0.393 e. The van der Waals surface area contributed by atoms with Gasteiger partial charge in [0, 0.05) is 19.1 Å². The van der Waals surface area contributed by atoms with Gasteiger partial charge in [0.2, 0.25) is 0 Å². The first-order valence-corrected chi connectivity index (χ1v) is 6.87. The summed E-state index contributed by atoms with van der Waals surface area (Å²) in [6, 6.07) is 0.258. The Hall–Kier alpha value is -0.770. The number of unbranched alkanes of at least 4 members (excludes halogenated alkanes) is 1. The number of hydrogen-bond acceptors (Lipinski definition) is 2. The van der Waals surface area contributed by atoms with Gasteiger partial charge < -0.3 is 15.3 Å². The average molecular weight is 242 g/mol. The van der Waals surface area contributed by atoms with Crippen molar-refractivity contribution in [1.82, 2.24) is 10.2 Å². The summed E-state index contributed by atoms with van der Waals surface area (Å²) in [5.41, 5.74) is 0. The van der Waals surface area contributed by atoms with Crippen molar-refractivity contribution in [2.45, 2.75) is 64.5 Å². The summed E-state index contributed by atoms with van der Waals surface area (Å²) < 4.78 is 0. The second kappa shape index (κ2) is 7.54. The lowest BCUT2D eigenvalue weighted by molar-refractivity contribution is 0.102. The maximum Gasteiger partial charge on any atom is 0.317 e. The van der Waals surface area contributed by atoms with E-state index in [-0.39, 0.29) is 18.2 Å². The van der Waals surface area contributed by atoms with E-state index >= 15 is 0 Å². The molecule has 1 rings (SSSR count). The molecule has 2 unspecified atom stereocenters. The number of likely N-dealkylation sites (tertiary alicyclic amines) is 1. The van der Waals surface area contributed by atoms with E-state index in [0.717, 1.165) is 45.2 Å². The van der Waals surface area contributed by atoms with Gasteiger partial charge in [-0.15, -0.1) is 0 Å². The Bertz CT molecular complexity index is 231. The number of urea groups is 1. The summed E-state index contributed by atoms with van der Waals surface area (Å²) in [6.07, 6.45) is 5.75. The Kier molecular flexibility index (Phi) is 6.34. The second-order valence-electron chi connectivity index (χ2n) is 5.01. The number of hydrogen-bond donors (Lipinski definition) is 2. The smallest absolute Gasteiger partial charge is 0.317 e. The molecular formula is C13H26N2O2. The molecule has 0 radical (unpaired) electrons. The number of carbonyl (C=O) groups is 1. The van der Waals surface area contributed by atoms with Gasteiger partial charge in [-0.2, -0.15) is 0 Å². The van der Waals surface area contributed by atoms with Crippen LogP contribution in [0.3, 0.4) is 0 Å².